The van der Waals surface area contributed by atoms with Crippen molar-refractivity contribution < 1.29 is 24.2 Å². The summed E-state index contributed by atoms with van der Waals surface area (Å²) < 4.78 is 10.2. The van der Waals surface area contributed by atoms with Gasteiger partial charge in [0.25, 0.3) is 0 Å². The fourth-order valence-electron chi connectivity index (χ4n) is 2.28. The van der Waals surface area contributed by atoms with E-state index in [2.05, 4.69) is 11.9 Å². The number of nitrogens with one attached hydrogen (secondary N) is 1. The Hall–Kier alpha value is -1.76. The van der Waals surface area contributed by atoms with Crippen LogP contribution in [0.15, 0.2) is 12.7 Å². The molecule has 7 nitrogen and oxygen atoms in total. The normalized spacial score (nSPS) is 17.0. The van der Waals surface area contributed by atoms with E-state index in [1.54, 1.807) is 34.6 Å². The first kappa shape index (κ1) is 19.3. The number of hydrogen-bond donors (Lipinski definition) is 2. The molecule has 7 heteroatoms. The van der Waals surface area contributed by atoms with Crippen molar-refractivity contribution in [1.82, 2.24) is 10.2 Å². The average molecular weight is 328 g/mol. The molecule has 2 N–H and O–H groups in total. The third-order valence-electron chi connectivity index (χ3n) is 3.84. The molecule has 1 rings (SSSR count). The summed E-state index contributed by atoms with van der Waals surface area (Å²) in [4.78, 5) is 25.1. The first-order valence-electron chi connectivity index (χ1n) is 7.62. The zero-order valence-electron chi connectivity index (χ0n) is 14.6. The van der Waals surface area contributed by atoms with Gasteiger partial charge in [0.05, 0.1) is 11.0 Å². The molecule has 0 aromatic rings. The molecule has 0 spiro atoms. The fourth-order valence-corrected chi connectivity index (χ4v) is 2.28. The van der Waals surface area contributed by atoms with E-state index in [-0.39, 0.29) is 13.2 Å². The molecule has 0 aromatic heterocycles. The summed E-state index contributed by atoms with van der Waals surface area (Å²) in [6.45, 7) is 13.1. The number of hydrogen-bond acceptors (Lipinski definition) is 5. The lowest BCUT2D eigenvalue weighted by atomic mass is 9.68. The fraction of sp³-hybridized carbons (Fsp3) is 0.750. The molecular weight excluding hydrogens is 300 g/mol. The van der Waals surface area contributed by atoms with Gasteiger partial charge in [-0.2, -0.15) is 0 Å². The largest absolute Gasteiger partial charge is 0.445 e. The monoisotopic (exact) mass is 328 g/mol. The molecule has 1 heterocycles. The number of alkyl carbamates (subject to hydrolysis) is 1. The van der Waals surface area contributed by atoms with Crippen LogP contribution in [0.4, 0.5) is 9.59 Å². The number of carbonyl (C=O) groups excluding carboxylic acids is 2. The van der Waals surface area contributed by atoms with Crippen molar-refractivity contribution in [3.63, 3.8) is 0 Å². The Kier molecular flexibility index (Phi) is 5.69. The van der Waals surface area contributed by atoms with Crippen molar-refractivity contribution in [2.75, 3.05) is 26.2 Å². The van der Waals surface area contributed by atoms with Gasteiger partial charge in [-0.1, -0.05) is 12.7 Å². The average Bonchev–Trinajstić information content (AvgIpc) is 2.30. The Morgan fingerprint density at radius 1 is 1.30 bits per heavy atom. The highest BCUT2D eigenvalue weighted by Crippen LogP contribution is 2.40. The van der Waals surface area contributed by atoms with Crippen molar-refractivity contribution in [2.24, 2.45) is 5.41 Å². The highest BCUT2D eigenvalue weighted by atomic mass is 16.6. The van der Waals surface area contributed by atoms with E-state index >= 15 is 0 Å². The summed E-state index contributed by atoms with van der Waals surface area (Å²) in [5.74, 6) is 0. The van der Waals surface area contributed by atoms with E-state index in [9.17, 15) is 14.7 Å². The number of aliphatic hydroxyl groups is 1. The predicted molar refractivity (Wildman–Crippen MR) is 86.1 cm³/mol. The number of rotatable bonds is 5. The van der Waals surface area contributed by atoms with Crippen LogP contribution in [0.1, 0.15) is 34.6 Å². The Balaban J connectivity index is 2.63. The van der Waals surface area contributed by atoms with Crippen molar-refractivity contribution in [1.29, 1.82) is 0 Å². The van der Waals surface area contributed by atoms with Gasteiger partial charge in [-0.25, -0.2) is 9.59 Å². The number of likely N-dealkylation sites (tertiary alicyclic amines) is 1. The third kappa shape index (κ3) is 5.13. The minimum absolute atomic E-state index is 0.116. The zero-order chi connectivity index (χ0) is 17.9. The molecular formula is C16H28N2O5. The summed E-state index contributed by atoms with van der Waals surface area (Å²) >= 11 is 0. The van der Waals surface area contributed by atoms with Gasteiger partial charge in [0.15, 0.2) is 0 Å². The van der Waals surface area contributed by atoms with Crippen LogP contribution < -0.4 is 5.32 Å². The topological polar surface area (TPSA) is 88.1 Å². The quantitative estimate of drug-likeness (QED) is 0.753. The number of amides is 2. The van der Waals surface area contributed by atoms with Crippen LogP contribution in [0.2, 0.25) is 0 Å². The molecule has 23 heavy (non-hydrogen) atoms. The summed E-state index contributed by atoms with van der Waals surface area (Å²) in [5.41, 5.74) is -2.29. The molecule has 0 radical (unpaired) electrons. The smallest absolute Gasteiger partial charge is 0.410 e. The lowest BCUT2D eigenvalue weighted by Gasteiger charge is -2.55. The molecule has 132 valence electrons. The Bertz CT molecular complexity index is 456. The highest BCUT2D eigenvalue weighted by Gasteiger charge is 2.55. The maximum Gasteiger partial charge on any atom is 0.410 e. The highest BCUT2D eigenvalue weighted by molar-refractivity contribution is 5.70. The molecule has 1 fully saturated rings. The molecule has 1 saturated heterocycles. The van der Waals surface area contributed by atoms with Crippen molar-refractivity contribution in [3.05, 3.63) is 12.7 Å². The van der Waals surface area contributed by atoms with Crippen molar-refractivity contribution >= 4 is 12.2 Å². The van der Waals surface area contributed by atoms with Crippen LogP contribution in [0, 0.1) is 5.41 Å². The van der Waals surface area contributed by atoms with Crippen LogP contribution >= 0.6 is 0 Å². The Morgan fingerprint density at radius 2 is 1.87 bits per heavy atom. The Morgan fingerprint density at radius 3 is 2.30 bits per heavy atom. The van der Waals surface area contributed by atoms with E-state index in [0.29, 0.717) is 13.1 Å². The van der Waals surface area contributed by atoms with Gasteiger partial charge in [-0.3, -0.25) is 0 Å². The molecule has 0 unspecified atom stereocenters. The van der Waals surface area contributed by atoms with E-state index in [0.717, 1.165) is 0 Å². The van der Waals surface area contributed by atoms with Crippen molar-refractivity contribution in [2.45, 2.75) is 45.8 Å². The minimum atomic E-state index is -1.07. The molecule has 0 bridgehead atoms. The third-order valence-corrected chi connectivity index (χ3v) is 3.84. The first-order chi connectivity index (χ1) is 10.4. The summed E-state index contributed by atoms with van der Waals surface area (Å²) in [6, 6.07) is 0. The predicted octanol–water partition coefficient (Wildman–Crippen LogP) is 1.91. The Labute approximate surface area is 137 Å². The molecule has 0 aromatic carbocycles. The second kappa shape index (κ2) is 6.78. The van der Waals surface area contributed by atoms with E-state index in [1.807, 2.05) is 0 Å². The molecule has 0 saturated carbocycles. The standard InChI is InChI=1S/C16H28N2O5/c1-7-8-22-12(19)17-9-16(15(5,6)21)10-18(11-16)13(20)23-14(2,3)4/h7,21H,1,8-11H2,2-6H3,(H,17,19). The number of ether oxygens (including phenoxy) is 2. The van der Waals surface area contributed by atoms with Gasteiger partial charge < -0.3 is 24.8 Å². The van der Waals surface area contributed by atoms with E-state index in [1.165, 1.54) is 11.0 Å². The summed E-state index contributed by atoms with van der Waals surface area (Å²) in [6.07, 6.45) is 0.467. The molecule has 1 aliphatic rings. The SMILES string of the molecule is C=CCOC(=O)NCC1(C(C)(C)O)CN(C(=O)OC(C)(C)C)C1. The van der Waals surface area contributed by atoms with Crippen LogP contribution in [-0.4, -0.2) is 59.6 Å². The molecule has 0 atom stereocenters. The maximum atomic E-state index is 12.0. The second-order valence-electron chi connectivity index (χ2n) is 7.42. The maximum absolute atomic E-state index is 12.0. The lowest BCUT2D eigenvalue weighted by Crippen LogP contribution is -2.70. The lowest BCUT2D eigenvalue weighted by molar-refractivity contribution is -0.136. The van der Waals surface area contributed by atoms with Gasteiger partial charge in [0, 0.05) is 19.6 Å². The first-order valence-corrected chi connectivity index (χ1v) is 7.62. The van der Waals surface area contributed by atoms with E-state index in [4.69, 9.17) is 9.47 Å². The zero-order valence-corrected chi connectivity index (χ0v) is 14.6. The summed E-state index contributed by atoms with van der Waals surface area (Å²) in [5, 5.41) is 13.0. The second-order valence-corrected chi connectivity index (χ2v) is 7.42. The van der Waals surface area contributed by atoms with Gasteiger partial charge in [0.2, 0.25) is 0 Å². The van der Waals surface area contributed by atoms with Crippen LogP contribution in [0.5, 0.6) is 0 Å². The molecule has 0 aliphatic carbocycles. The minimum Gasteiger partial charge on any atom is -0.445 e. The number of nitrogens with zero attached hydrogens (tertiary/aromatic N) is 1. The molecule has 2 amide bonds. The van der Waals surface area contributed by atoms with Gasteiger partial charge in [0.1, 0.15) is 12.2 Å². The van der Waals surface area contributed by atoms with Gasteiger partial charge in [-0.05, 0) is 34.6 Å². The van der Waals surface area contributed by atoms with Crippen molar-refractivity contribution in [3.8, 4) is 0 Å². The van der Waals surface area contributed by atoms with Crippen LogP contribution in [0.25, 0.3) is 0 Å². The van der Waals surface area contributed by atoms with E-state index < -0.39 is 28.8 Å². The summed E-state index contributed by atoms with van der Waals surface area (Å²) in [7, 11) is 0. The van der Waals surface area contributed by atoms with Crippen LogP contribution in [-0.2, 0) is 9.47 Å². The van der Waals surface area contributed by atoms with Crippen LogP contribution in [0.3, 0.4) is 0 Å². The molecule has 1 aliphatic heterocycles. The number of carbonyl (C=O) groups is 2. The van der Waals surface area contributed by atoms with Gasteiger partial charge in [-0.15, -0.1) is 0 Å². The van der Waals surface area contributed by atoms with Gasteiger partial charge >= 0.3 is 12.2 Å².